The second-order valence-corrected chi connectivity index (χ2v) is 4.24. The fraction of sp³-hybridized carbons (Fsp3) is 0.636. The first kappa shape index (κ1) is 14.0. The third kappa shape index (κ3) is 5.29. The van der Waals surface area contributed by atoms with Crippen molar-refractivity contribution in [1.82, 2.24) is 5.32 Å². The first-order valence-corrected chi connectivity index (χ1v) is 6.52. The van der Waals surface area contributed by atoms with E-state index in [1.165, 1.54) is 0 Å². The van der Waals surface area contributed by atoms with Crippen molar-refractivity contribution >= 4 is 22.6 Å². The summed E-state index contributed by atoms with van der Waals surface area (Å²) in [5, 5.41) is 3.24. The molecule has 1 aromatic heterocycles. The van der Waals surface area contributed by atoms with E-state index in [9.17, 15) is 0 Å². The van der Waals surface area contributed by atoms with Gasteiger partial charge in [0.2, 0.25) is 0 Å². The quantitative estimate of drug-likeness (QED) is 0.583. The molecule has 0 aliphatic carbocycles. The van der Waals surface area contributed by atoms with Crippen molar-refractivity contribution in [3.8, 4) is 0 Å². The number of halogens is 1. The second-order valence-electron chi connectivity index (χ2n) is 3.18. The van der Waals surface area contributed by atoms with Crippen LogP contribution in [0.5, 0.6) is 0 Å². The minimum Gasteiger partial charge on any atom is -0.454 e. The highest BCUT2D eigenvalue weighted by Crippen LogP contribution is 2.09. The van der Waals surface area contributed by atoms with Crippen LogP contribution in [0.3, 0.4) is 0 Å². The number of rotatable bonds is 8. The molecule has 0 unspecified atom stereocenters. The van der Waals surface area contributed by atoms with Crippen molar-refractivity contribution in [2.24, 2.45) is 0 Å². The van der Waals surface area contributed by atoms with Gasteiger partial charge in [-0.3, -0.25) is 0 Å². The van der Waals surface area contributed by atoms with E-state index in [2.05, 4.69) is 27.9 Å². The van der Waals surface area contributed by atoms with Crippen molar-refractivity contribution in [2.45, 2.75) is 26.7 Å². The van der Waals surface area contributed by atoms with Gasteiger partial charge in [-0.1, -0.05) is 0 Å². The Balaban J connectivity index is 2.21. The van der Waals surface area contributed by atoms with E-state index >= 15 is 0 Å². The largest absolute Gasteiger partial charge is 0.454 e. The zero-order valence-corrected chi connectivity index (χ0v) is 11.8. The summed E-state index contributed by atoms with van der Waals surface area (Å²) in [7, 11) is 0. The summed E-state index contributed by atoms with van der Waals surface area (Å²) in [5.41, 5.74) is 0. The molecule has 4 nitrogen and oxygen atoms in total. The van der Waals surface area contributed by atoms with Crippen LogP contribution in [0.15, 0.2) is 16.5 Å². The molecule has 0 atom stereocenters. The molecule has 0 aromatic carbocycles. The molecule has 0 saturated carbocycles. The van der Waals surface area contributed by atoms with Crippen molar-refractivity contribution < 1.29 is 13.9 Å². The number of nitrogens with one attached hydrogen (secondary N) is 1. The number of ether oxygens (including phenoxy) is 2. The van der Waals surface area contributed by atoms with Crippen LogP contribution in [0.25, 0.3) is 0 Å². The van der Waals surface area contributed by atoms with E-state index in [0.717, 1.165) is 9.53 Å². The molecule has 0 fully saturated rings. The molecule has 1 heterocycles. The van der Waals surface area contributed by atoms with Crippen molar-refractivity contribution in [1.29, 1.82) is 0 Å². The molecule has 5 heteroatoms. The molecule has 0 aliphatic rings. The first-order valence-electron chi connectivity index (χ1n) is 5.44. The lowest BCUT2D eigenvalue weighted by molar-refractivity contribution is -0.133. The molecular weight excluding hydrogens is 321 g/mol. The van der Waals surface area contributed by atoms with E-state index in [1.807, 2.05) is 26.0 Å². The molecule has 16 heavy (non-hydrogen) atoms. The Morgan fingerprint density at radius 2 is 2.00 bits per heavy atom. The lowest BCUT2D eigenvalue weighted by atomic mass is 10.4. The van der Waals surface area contributed by atoms with Gasteiger partial charge in [0.15, 0.2) is 10.1 Å². The van der Waals surface area contributed by atoms with E-state index in [0.29, 0.717) is 26.3 Å². The predicted molar refractivity (Wildman–Crippen MR) is 70.2 cm³/mol. The van der Waals surface area contributed by atoms with Crippen LogP contribution in [0.2, 0.25) is 0 Å². The lowest BCUT2D eigenvalue weighted by Crippen LogP contribution is -2.31. The summed E-state index contributed by atoms with van der Waals surface area (Å²) < 4.78 is 17.1. The van der Waals surface area contributed by atoms with Gasteiger partial charge in [0.1, 0.15) is 5.76 Å². The summed E-state index contributed by atoms with van der Waals surface area (Å²) >= 11 is 2.15. The number of hydrogen-bond donors (Lipinski definition) is 1. The summed E-state index contributed by atoms with van der Waals surface area (Å²) in [5.74, 6) is 0.927. The molecule has 0 aliphatic heterocycles. The maximum atomic E-state index is 5.43. The molecule has 0 spiro atoms. The van der Waals surface area contributed by atoms with Gasteiger partial charge in [-0.15, -0.1) is 0 Å². The van der Waals surface area contributed by atoms with Gasteiger partial charge in [-0.05, 0) is 48.6 Å². The molecule has 92 valence electrons. The van der Waals surface area contributed by atoms with Gasteiger partial charge >= 0.3 is 0 Å². The molecular formula is C11H18INO3. The molecule has 1 rings (SSSR count). The molecule has 0 bridgehead atoms. The van der Waals surface area contributed by atoms with Crippen LogP contribution >= 0.6 is 22.6 Å². The first-order chi connectivity index (χ1) is 7.76. The fourth-order valence-electron chi connectivity index (χ4n) is 1.30. The summed E-state index contributed by atoms with van der Waals surface area (Å²) in [6.07, 6.45) is -0.177. The van der Waals surface area contributed by atoms with Gasteiger partial charge in [-0.2, -0.15) is 0 Å². The summed E-state index contributed by atoms with van der Waals surface area (Å²) in [6.45, 7) is 6.59. The minimum absolute atomic E-state index is 0.177. The Kier molecular flexibility index (Phi) is 7.02. The SMILES string of the molecule is CCOC(CNCc1ccc(I)o1)OCC. The van der Waals surface area contributed by atoms with Gasteiger partial charge in [0.25, 0.3) is 0 Å². The van der Waals surface area contributed by atoms with Crippen molar-refractivity contribution in [3.63, 3.8) is 0 Å². The molecule has 0 radical (unpaired) electrons. The Labute approximate surface area is 110 Å². The van der Waals surface area contributed by atoms with Crippen LogP contribution in [-0.4, -0.2) is 26.0 Å². The molecule has 0 amide bonds. The maximum absolute atomic E-state index is 5.43. The van der Waals surface area contributed by atoms with Gasteiger partial charge in [0.05, 0.1) is 6.54 Å². The highest BCUT2D eigenvalue weighted by molar-refractivity contribution is 14.1. The third-order valence-corrected chi connectivity index (χ3v) is 2.52. The van der Waals surface area contributed by atoms with Crippen LogP contribution in [0.1, 0.15) is 19.6 Å². The van der Waals surface area contributed by atoms with Crippen LogP contribution in [0, 0.1) is 3.77 Å². The molecule has 1 N–H and O–H groups in total. The zero-order valence-electron chi connectivity index (χ0n) is 9.66. The Morgan fingerprint density at radius 3 is 2.50 bits per heavy atom. The maximum Gasteiger partial charge on any atom is 0.169 e. The summed E-state index contributed by atoms with van der Waals surface area (Å²) in [6, 6.07) is 3.91. The van der Waals surface area contributed by atoms with E-state index in [-0.39, 0.29) is 6.29 Å². The van der Waals surface area contributed by atoms with Crippen LogP contribution < -0.4 is 5.32 Å². The Hall–Kier alpha value is -0.110. The van der Waals surface area contributed by atoms with Crippen LogP contribution in [0.4, 0.5) is 0 Å². The topological polar surface area (TPSA) is 43.6 Å². The van der Waals surface area contributed by atoms with Gasteiger partial charge < -0.3 is 19.2 Å². The fourth-order valence-corrected chi connectivity index (χ4v) is 1.76. The Morgan fingerprint density at radius 1 is 1.31 bits per heavy atom. The highest BCUT2D eigenvalue weighted by Gasteiger charge is 2.07. The van der Waals surface area contributed by atoms with Crippen LogP contribution in [-0.2, 0) is 16.0 Å². The molecule has 1 aromatic rings. The monoisotopic (exact) mass is 339 g/mol. The Bertz CT molecular complexity index is 285. The minimum atomic E-state index is -0.177. The molecule has 0 saturated heterocycles. The van der Waals surface area contributed by atoms with E-state index in [1.54, 1.807) is 0 Å². The lowest BCUT2D eigenvalue weighted by Gasteiger charge is -2.16. The third-order valence-electron chi connectivity index (χ3n) is 1.94. The predicted octanol–water partition coefficient (Wildman–Crippen LogP) is 2.37. The number of hydrogen-bond acceptors (Lipinski definition) is 4. The van der Waals surface area contributed by atoms with E-state index in [4.69, 9.17) is 13.9 Å². The smallest absolute Gasteiger partial charge is 0.169 e. The van der Waals surface area contributed by atoms with E-state index < -0.39 is 0 Å². The zero-order chi connectivity index (χ0) is 11.8. The van der Waals surface area contributed by atoms with Crippen molar-refractivity contribution in [2.75, 3.05) is 19.8 Å². The standard InChI is InChI=1S/C11H18INO3/c1-3-14-11(15-4-2)8-13-7-9-5-6-10(12)16-9/h5-6,11,13H,3-4,7-8H2,1-2H3. The average molecular weight is 339 g/mol. The second kappa shape index (κ2) is 8.05. The normalized spacial score (nSPS) is 11.2. The summed E-state index contributed by atoms with van der Waals surface area (Å²) in [4.78, 5) is 0. The van der Waals surface area contributed by atoms with Gasteiger partial charge in [0, 0.05) is 19.8 Å². The average Bonchev–Trinajstić information content (AvgIpc) is 2.65. The number of furan rings is 1. The van der Waals surface area contributed by atoms with Crippen molar-refractivity contribution in [3.05, 3.63) is 21.7 Å². The highest BCUT2D eigenvalue weighted by atomic mass is 127. The van der Waals surface area contributed by atoms with Gasteiger partial charge in [-0.25, -0.2) is 0 Å².